The van der Waals surface area contributed by atoms with Gasteiger partial charge in [-0.05, 0) is 37.1 Å². The van der Waals surface area contributed by atoms with Crippen molar-refractivity contribution in [1.82, 2.24) is 9.55 Å². The minimum atomic E-state index is -0.116. The van der Waals surface area contributed by atoms with E-state index in [2.05, 4.69) is 10.3 Å². The molecule has 0 spiro atoms. The van der Waals surface area contributed by atoms with Gasteiger partial charge in [0.2, 0.25) is 5.91 Å². The third kappa shape index (κ3) is 3.96. The molecule has 0 fully saturated rings. The molecule has 1 N–H and O–H groups in total. The number of hydrogen-bond donors (Lipinski definition) is 1. The first-order valence-corrected chi connectivity index (χ1v) is 9.56. The Morgan fingerprint density at radius 3 is 2.65 bits per heavy atom. The molecule has 5 nitrogen and oxygen atoms in total. The van der Waals surface area contributed by atoms with E-state index in [-0.39, 0.29) is 17.2 Å². The zero-order valence-corrected chi connectivity index (χ0v) is 15.7. The van der Waals surface area contributed by atoms with Gasteiger partial charge in [-0.25, -0.2) is 4.98 Å². The number of thioether (sulfide) groups is 1. The number of anilines is 1. The fraction of sp³-hybridized carbons (Fsp3) is 0.250. The fourth-order valence-corrected chi connectivity index (χ4v) is 3.53. The Kier molecular flexibility index (Phi) is 5.73. The molecule has 1 aromatic heterocycles. The summed E-state index contributed by atoms with van der Waals surface area (Å²) in [6, 6.07) is 15.0. The Morgan fingerprint density at radius 2 is 1.88 bits per heavy atom. The largest absolute Gasteiger partial charge is 0.325 e. The van der Waals surface area contributed by atoms with Crippen LogP contribution < -0.4 is 10.9 Å². The highest BCUT2D eigenvalue weighted by molar-refractivity contribution is 7.99. The van der Waals surface area contributed by atoms with Crippen LogP contribution >= 0.6 is 11.8 Å². The Morgan fingerprint density at radius 1 is 1.15 bits per heavy atom. The van der Waals surface area contributed by atoms with Crippen LogP contribution in [0.4, 0.5) is 5.69 Å². The lowest BCUT2D eigenvalue weighted by atomic mass is 10.2. The lowest BCUT2D eigenvalue weighted by Gasteiger charge is -2.12. The number of nitrogens with zero attached hydrogens (tertiary/aromatic N) is 2. The van der Waals surface area contributed by atoms with Crippen molar-refractivity contribution in [2.45, 2.75) is 32.0 Å². The average molecular weight is 367 g/mol. The molecule has 3 rings (SSSR count). The van der Waals surface area contributed by atoms with E-state index in [0.29, 0.717) is 22.6 Å². The number of hydrogen-bond acceptors (Lipinski definition) is 4. The molecule has 0 radical (unpaired) electrons. The predicted molar refractivity (Wildman–Crippen MR) is 107 cm³/mol. The standard InChI is InChI=1S/C20H21N3O2S/c1-3-12-23-19(25)15-9-5-7-11-17(15)22-20(23)26-13-18(24)21-16-10-6-4-8-14(16)2/h4-11H,3,12-13H2,1-2H3,(H,21,24). The second kappa shape index (κ2) is 8.19. The van der Waals surface area contributed by atoms with Gasteiger partial charge in [-0.15, -0.1) is 0 Å². The average Bonchev–Trinajstić information content (AvgIpc) is 2.64. The van der Waals surface area contributed by atoms with Gasteiger partial charge in [-0.2, -0.15) is 0 Å². The van der Waals surface area contributed by atoms with Crippen LogP contribution in [0.3, 0.4) is 0 Å². The molecule has 1 heterocycles. The molecule has 0 unspecified atom stereocenters. The summed E-state index contributed by atoms with van der Waals surface area (Å²) < 4.78 is 1.66. The van der Waals surface area contributed by atoms with Crippen molar-refractivity contribution in [3.05, 3.63) is 64.4 Å². The molecule has 0 saturated carbocycles. The van der Waals surface area contributed by atoms with Crippen LogP contribution in [0, 0.1) is 6.92 Å². The normalized spacial score (nSPS) is 10.8. The zero-order valence-electron chi connectivity index (χ0n) is 14.9. The van der Waals surface area contributed by atoms with E-state index in [1.165, 1.54) is 11.8 Å². The van der Waals surface area contributed by atoms with Gasteiger partial charge in [-0.1, -0.05) is 49.0 Å². The quantitative estimate of drug-likeness (QED) is 0.531. The third-order valence-corrected chi connectivity index (χ3v) is 5.00. The van der Waals surface area contributed by atoms with Crippen molar-refractivity contribution < 1.29 is 4.79 Å². The smallest absolute Gasteiger partial charge is 0.262 e. The van der Waals surface area contributed by atoms with Crippen molar-refractivity contribution in [3.63, 3.8) is 0 Å². The molecule has 0 aliphatic rings. The van der Waals surface area contributed by atoms with Crippen LogP contribution in [0.25, 0.3) is 10.9 Å². The lowest BCUT2D eigenvalue weighted by Crippen LogP contribution is -2.24. The van der Waals surface area contributed by atoms with E-state index in [1.807, 2.05) is 56.3 Å². The minimum absolute atomic E-state index is 0.0562. The second-order valence-corrected chi connectivity index (χ2v) is 6.96. The predicted octanol–water partition coefficient (Wildman–Crippen LogP) is 3.85. The second-order valence-electron chi connectivity index (χ2n) is 6.02. The molecular formula is C20H21N3O2S. The first kappa shape index (κ1) is 18.2. The molecule has 2 aromatic carbocycles. The molecule has 0 saturated heterocycles. The molecule has 134 valence electrons. The highest BCUT2D eigenvalue weighted by Crippen LogP contribution is 2.19. The molecule has 1 amide bonds. The maximum absolute atomic E-state index is 12.7. The molecule has 0 bridgehead atoms. The van der Waals surface area contributed by atoms with Crippen LogP contribution in [0.1, 0.15) is 18.9 Å². The SMILES string of the molecule is CCCn1c(SCC(=O)Nc2ccccc2C)nc2ccccc2c1=O. The molecule has 3 aromatic rings. The number of carbonyl (C=O) groups excluding carboxylic acids is 1. The molecule has 26 heavy (non-hydrogen) atoms. The van der Waals surface area contributed by atoms with Crippen LogP contribution in [0.2, 0.25) is 0 Å². The van der Waals surface area contributed by atoms with Gasteiger partial charge in [0.05, 0.1) is 16.7 Å². The van der Waals surface area contributed by atoms with Crippen LogP contribution in [0.5, 0.6) is 0 Å². The molecular weight excluding hydrogens is 346 g/mol. The van der Waals surface area contributed by atoms with E-state index in [9.17, 15) is 9.59 Å². The number of nitrogens with one attached hydrogen (secondary N) is 1. The van der Waals surface area contributed by atoms with Gasteiger partial charge < -0.3 is 5.32 Å². The van der Waals surface area contributed by atoms with Crippen LogP contribution in [-0.4, -0.2) is 21.2 Å². The molecule has 6 heteroatoms. The Balaban J connectivity index is 1.81. The summed E-state index contributed by atoms with van der Waals surface area (Å²) in [7, 11) is 0. The fourth-order valence-electron chi connectivity index (χ4n) is 2.71. The maximum Gasteiger partial charge on any atom is 0.262 e. The van der Waals surface area contributed by atoms with E-state index in [1.54, 1.807) is 10.6 Å². The van der Waals surface area contributed by atoms with E-state index < -0.39 is 0 Å². The number of aryl methyl sites for hydroxylation is 1. The molecule has 0 atom stereocenters. The van der Waals surface area contributed by atoms with Gasteiger partial charge >= 0.3 is 0 Å². The van der Waals surface area contributed by atoms with Crippen molar-refractivity contribution >= 4 is 34.3 Å². The third-order valence-electron chi connectivity index (χ3n) is 4.03. The minimum Gasteiger partial charge on any atom is -0.325 e. The van der Waals surface area contributed by atoms with E-state index in [4.69, 9.17) is 0 Å². The Bertz CT molecular complexity index is 998. The Hall–Kier alpha value is -2.60. The molecule has 0 aliphatic heterocycles. The van der Waals surface area contributed by atoms with Crippen LogP contribution in [0.15, 0.2) is 58.5 Å². The molecule has 0 aliphatic carbocycles. The van der Waals surface area contributed by atoms with Crippen LogP contribution in [-0.2, 0) is 11.3 Å². The topological polar surface area (TPSA) is 64.0 Å². The van der Waals surface area contributed by atoms with Gasteiger partial charge in [0.25, 0.3) is 5.56 Å². The summed E-state index contributed by atoms with van der Waals surface area (Å²) in [5.74, 6) is 0.0813. The lowest BCUT2D eigenvalue weighted by molar-refractivity contribution is -0.113. The first-order chi connectivity index (χ1) is 12.6. The van der Waals surface area contributed by atoms with E-state index in [0.717, 1.165) is 17.7 Å². The summed E-state index contributed by atoms with van der Waals surface area (Å²) in [5, 5.41) is 4.09. The number of rotatable bonds is 6. The number of benzene rings is 2. The monoisotopic (exact) mass is 367 g/mol. The first-order valence-electron chi connectivity index (χ1n) is 8.58. The summed E-state index contributed by atoms with van der Waals surface area (Å²) in [6.45, 7) is 4.55. The van der Waals surface area contributed by atoms with Gasteiger partial charge in [0, 0.05) is 12.2 Å². The number of aromatic nitrogens is 2. The number of carbonyl (C=O) groups is 1. The van der Waals surface area contributed by atoms with Crippen molar-refractivity contribution in [2.24, 2.45) is 0 Å². The van der Waals surface area contributed by atoms with Crippen molar-refractivity contribution in [1.29, 1.82) is 0 Å². The van der Waals surface area contributed by atoms with Gasteiger partial charge in [-0.3, -0.25) is 14.2 Å². The summed E-state index contributed by atoms with van der Waals surface area (Å²) in [6.07, 6.45) is 0.822. The van der Waals surface area contributed by atoms with E-state index >= 15 is 0 Å². The highest BCUT2D eigenvalue weighted by Gasteiger charge is 2.13. The summed E-state index contributed by atoms with van der Waals surface area (Å²) in [5.41, 5.74) is 2.42. The van der Waals surface area contributed by atoms with Crippen molar-refractivity contribution in [3.8, 4) is 0 Å². The highest BCUT2D eigenvalue weighted by atomic mass is 32.2. The summed E-state index contributed by atoms with van der Waals surface area (Å²) >= 11 is 1.29. The number of fused-ring (bicyclic) bond motifs is 1. The number of amides is 1. The van der Waals surface area contributed by atoms with Gasteiger partial charge in [0.1, 0.15) is 0 Å². The zero-order chi connectivity index (χ0) is 18.5. The van der Waals surface area contributed by atoms with Gasteiger partial charge in [0.15, 0.2) is 5.16 Å². The Labute approximate surface area is 156 Å². The number of para-hydroxylation sites is 2. The summed E-state index contributed by atoms with van der Waals surface area (Å²) in [4.78, 5) is 29.6. The van der Waals surface area contributed by atoms with Crippen molar-refractivity contribution in [2.75, 3.05) is 11.1 Å². The maximum atomic E-state index is 12.7.